The molecule has 0 bridgehead atoms. The van der Waals surface area contributed by atoms with E-state index in [1.54, 1.807) is 0 Å². The van der Waals surface area contributed by atoms with Crippen molar-refractivity contribution in [2.24, 2.45) is 0 Å². The van der Waals surface area contributed by atoms with Crippen LogP contribution in [-0.4, -0.2) is 36.6 Å². The van der Waals surface area contributed by atoms with E-state index in [0.29, 0.717) is 13.2 Å². The van der Waals surface area contributed by atoms with Crippen LogP contribution in [-0.2, 0) is 0 Å². The average Bonchev–Trinajstić information content (AvgIpc) is 2.77. The third-order valence-corrected chi connectivity index (χ3v) is 5.47. The number of para-hydroxylation sites is 2. The smallest absolute Gasteiger partial charge is 0.161 e. The number of ether oxygens (including phenoxy) is 2. The van der Waals surface area contributed by atoms with Crippen LogP contribution in [0, 0.1) is 0 Å². The zero-order chi connectivity index (χ0) is 21.5. The zero-order valence-electron chi connectivity index (χ0n) is 19.2. The molecule has 174 valence electrons. The molecular formula is C26H46O4. The van der Waals surface area contributed by atoms with Crippen LogP contribution in [0.5, 0.6) is 11.5 Å². The van der Waals surface area contributed by atoms with E-state index in [1.165, 1.54) is 64.2 Å². The van der Waals surface area contributed by atoms with Gasteiger partial charge in [-0.1, -0.05) is 89.2 Å². The number of unbranched alkanes of at least 4 members (excludes halogenated alkanes) is 14. The maximum atomic E-state index is 8.77. The molecule has 1 aromatic rings. The van der Waals surface area contributed by atoms with Crippen molar-refractivity contribution in [2.45, 2.75) is 103 Å². The number of aliphatic hydroxyl groups excluding tert-OH is 2. The van der Waals surface area contributed by atoms with Crippen molar-refractivity contribution in [3.63, 3.8) is 0 Å². The van der Waals surface area contributed by atoms with Gasteiger partial charge < -0.3 is 19.7 Å². The molecule has 1 rings (SSSR count). The van der Waals surface area contributed by atoms with E-state index >= 15 is 0 Å². The van der Waals surface area contributed by atoms with Crippen molar-refractivity contribution in [2.75, 3.05) is 26.4 Å². The summed E-state index contributed by atoms with van der Waals surface area (Å²) >= 11 is 0. The molecule has 0 saturated heterocycles. The Morgan fingerprint density at radius 3 is 1.07 bits per heavy atom. The summed E-state index contributed by atoms with van der Waals surface area (Å²) in [5.41, 5.74) is 0. The standard InChI is InChI=1S/C26H46O4/c27-21-15-9-5-1-3-7-11-17-23-29-25-19-13-14-20-26(25)30-24-18-12-8-4-2-6-10-16-22-28/h13-14,19-20,27-28H,1-12,15-18,21-24H2. The molecule has 0 aliphatic heterocycles. The molecular weight excluding hydrogens is 376 g/mol. The van der Waals surface area contributed by atoms with Crippen LogP contribution in [0.15, 0.2) is 24.3 Å². The number of aliphatic hydroxyl groups is 2. The summed E-state index contributed by atoms with van der Waals surface area (Å²) in [6.45, 7) is 2.16. The molecule has 1 aromatic carbocycles. The molecule has 0 aliphatic carbocycles. The van der Waals surface area contributed by atoms with E-state index in [9.17, 15) is 0 Å². The second-order valence-corrected chi connectivity index (χ2v) is 8.25. The zero-order valence-corrected chi connectivity index (χ0v) is 19.2. The van der Waals surface area contributed by atoms with Crippen molar-refractivity contribution in [1.82, 2.24) is 0 Å². The highest BCUT2D eigenvalue weighted by Gasteiger charge is 2.04. The van der Waals surface area contributed by atoms with Crippen molar-refractivity contribution >= 4 is 0 Å². The third kappa shape index (κ3) is 15.6. The van der Waals surface area contributed by atoms with Gasteiger partial charge in [-0.3, -0.25) is 0 Å². The summed E-state index contributed by atoms with van der Waals surface area (Å²) in [6.07, 6.45) is 18.9. The molecule has 0 unspecified atom stereocenters. The van der Waals surface area contributed by atoms with Gasteiger partial charge in [-0.2, -0.15) is 0 Å². The lowest BCUT2D eigenvalue weighted by molar-refractivity contribution is 0.258. The second-order valence-electron chi connectivity index (χ2n) is 8.25. The molecule has 0 aliphatic rings. The highest BCUT2D eigenvalue weighted by molar-refractivity contribution is 5.39. The number of hydrogen-bond acceptors (Lipinski definition) is 4. The third-order valence-electron chi connectivity index (χ3n) is 5.47. The Morgan fingerprint density at radius 2 is 0.733 bits per heavy atom. The first-order valence-electron chi connectivity index (χ1n) is 12.4. The minimum Gasteiger partial charge on any atom is -0.490 e. The maximum Gasteiger partial charge on any atom is 0.161 e. The van der Waals surface area contributed by atoms with Crippen LogP contribution >= 0.6 is 0 Å². The van der Waals surface area contributed by atoms with Crippen LogP contribution in [0.25, 0.3) is 0 Å². The Kier molecular flexibility index (Phi) is 18.7. The van der Waals surface area contributed by atoms with Gasteiger partial charge in [0.25, 0.3) is 0 Å². The second kappa shape index (κ2) is 21.0. The Balaban J connectivity index is 2.02. The molecule has 0 saturated carbocycles. The largest absolute Gasteiger partial charge is 0.490 e. The summed E-state index contributed by atoms with van der Waals surface area (Å²) < 4.78 is 11.9. The molecule has 30 heavy (non-hydrogen) atoms. The Bertz CT molecular complexity index is 435. The van der Waals surface area contributed by atoms with Crippen LogP contribution in [0.1, 0.15) is 103 Å². The lowest BCUT2D eigenvalue weighted by atomic mass is 10.1. The summed E-state index contributed by atoms with van der Waals surface area (Å²) in [4.78, 5) is 0. The molecule has 0 heterocycles. The highest BCUT2D eigenvalue weighted by Crippen LogP contribution is 2.27. The van der Waals surface area contributed by atoms with E-state index in [-0.39, 0.29) is 0 Å². The van der Waals surface area contributed by atoms with E-state index in [2.05, 4.69) is 0 Å². The molecule has 4 nitrogen and oxygen atoms in total. The minimum atomic E-state index is 0.329. The fraction of sp³-hybridized carbons (Fsp3) is 0.769. The number of rotatable bonds is 22. The maximum absolute atomic E-state index is 8.77. The lowest BCUT2D eigenvalue weighted by Crippen LogP contribution is -2.02. The molecule has 0 aromatic heterocycles. The minimum absolute atomic E-state index is 0.329. The van der Waals surface area contributed by atoms with Crippen molar-refractivity contribution in [3.8, 4) is 11.5 Å². The van der Waals surface area contributed by atoms with Gasteiger partial charge in [-0.15, -0.1) is 0 Å². The first-order valence-corrected chi connectivity index (χ1v) is 12.4. The van der Waals surface area contributed by atoms with Crippen molar-refractivity contribution in [1.29, 1.82) is 0 Å². The highest BCUT2D eigenvalue weighted by atomic mass is 16.5. The lowest BCUT2D eigenvalue weighted by Gasteiger charge is -2.12. The van der Waals surface area contributed by atoms with Gasteiger partial charge in [0.2, 0.25) is 0 Å². The molecule has 2 N–H and O–H groups in total. The van der Waals surface area contributed by atoms with Gasteiger partial charge in [-0.25, -0.2) is 0 Å². The predicted octanol–water partition coefficient (Wildman–Crippen LogP) is 6.67. The Morgan fingerprint density at radius 1 is 0.433 bits per heavy atom. The van der Waals surface area contributed by atoms with Gasteiger partial charge in [0, 0.05) is 13.2 Å². The summed E-state index contributed by atoms with van der Waals surface area (Å²) in [7, 11) is 0. The van der Waals surface area contributed by atoms with Crippen LogP contribution in [0.3, 0.4) is 0 Å². The average molecular weight is 423 g/mol. The Hall–Kier alpha value is -1.26. The summed E-state index contributed by atoms with van der Waals surface area (Å²) in [6, 6.07) is 8.02. The molecule has 4 heteroatoms. The van der Waals surface area contributed by atoms with Crippen molar-refractivity contribution in [3.05, 3.63) is 24.3 Å². The van der Waals surface area contributed by atoms with Crippen LogP contribution in [0.2, 0.25) is 0 Å². The fourth-order valence-corrected chi connectivity index (χ4v) is 3.60. The monoisotopic (exact) mass is 422 g/mol. The number of benzene rings is 1. The Labute approximate surface area is 185 Å². The van der Waals surface area contributed by atoms with E-state index in [4.69, 9.17) is 19.7 Å². The molecule has 0 atom stereocenters. The van der Waals surface area contributed by atoms with Crippen LogP contribution in [0.4, 0.5) is 0 Å². The predicted molar refractivity (Wildman–Crippen MR) is 125 cm³/mol. The molecule has 0 radical (unpaired) electrons. The topological polar surface area (TPSA) is 58.9 Å². The first kappa shape index (κ1) is 26.8. The van der Waals surface area contributed by atoms with E-state index in [0.717, 1.165) is 63.2 Å². The van der Waals surface area contributed by atoms with Gasteiger partial charge in [0.05, 0.1) is 13.2 Å². The number of hydrogen-bond donors (Lipinski definition) is 2. The summed E-state index contributed by atoms with van der Waals surface area (Å²) in [5, 5.41) is 17.5. The van der Waals surface area contributed by atoms with Gasteiger partial charge in [-0.05, 0) is 37.8 Å². The van der Waals surface area contributed by atoms with E-state index < -0.39 is 0 Å². The quantitative estimate of drug-likeness (QED) is 0.205. The molecule has 0 fully saturated rings. The van der Waals surface area contributed by atoms with E-state index in [1.807, 2.05) is 24.3 Å². The first-order chi connectivity index (χ1) is 14.9. The van der Waals surface area contributed by atoms with Gasteiger partial charge in [0.15, 0.2) is 11.5 Å². The van der Waals surface area contributed by atoms with Crippen molar-refractivity contribution < 1.29 is 19.7 Å². The van der Waals surface area contributed by atoms with Crippen LogP contribution < -0.4 is 9.47 Å². The fourth-order valence-electron chi connectivity index (χ4n) is 3.60. The molecule has 0 amide bonds. The SMILES string of the molecule is OCCCCCCCCCCOc1ccccc1OCCCCCCCCCCO. The molecule has 0 spiro atoms. The van der Waals surface area contributed by atoms with Gasteiger partial charge >= 0.3 is 0 Å². The van der Waals surface area contributed by atoms with Gasteiger partial charge in [0.1, 0.15) is 0 Å². The summed E-state index contributed by atoms with van der Waals surface area (Å²) in [5.74, 6) is 1.73. The normalized spacial score (nSPS) is 11.0.